The number of halogens is 2. The van der Waals surface area contributed by atoms with E-state index in [2.05, 4.69) is 21.2 Å². The van der Waals surface area contributed by atoms with Gasteiger partial charge in [-0.25, -0.2) is 0 Å². The highest BCUT2D eigenvalue weighted by Crippen LogP contribution is 2.17. The summed E-state index contributed by atoms with van der Waals surface area (Å²) in [5, 5.41) is 3.26. The molecular formula is C13H18BrClN2O2. The van der Waals surface area contributed by atoms with Crippen molar-refractivity contribution in [2.24, 2.45) is 0 Å². The standard InChI is InChI=1S/C13H17BrN2O2.ClH/c1-10-8-15-5-6-16(10)13(17)9-18-12-4-2-3-11(14)7-12;/h2-4,7,10,15H,5-6,8-9H2,1H3;1H/t10-;/m0./s1. The maximum atomic E-state index is 12.0. The first-order chi connectivity index (χ1) is 8.66. The zero-order valence-electron chi connectivity index (χ0n) is 10.8. The van der Waals surface area contributed by atoms with Gasteiger partial charge in [-0.15, -0.1) is 12.4 Å². The number of benzene rings is 1. The Morgan fingerprint density at radius 2 is 2.37 bits per heavy atom. The summed E-state index contributed by atoms with van der Waals surface area (Å²) in [6, 6.07) is 7.75. The second-order valence-corrected chi connectivity index (χ2v) is 5.30. The van der Waals surface area contributed by atoms with Crippen LogP contribution in [0.2, 0.25) is 0 Å². The van der Waals surface area contributed by atoms with Crippen LogP contribution in [0, 0.1) is 0 Å². The molecule has 2 rings (SSSR count). The summed E-state index contributed by atoms with van der Waals surface area (Å²) in [6.07, 6.45) is 0. The van der Waals surface area contributed by atoms with Crippen LogP contribution < -0.4 is 10.1 Å². The molecule has 0 bridgehead atoms. The topological polar surface area (TPSA) is 41.6 Å². The summed E-state index contributed by atoms with van der Waals surface area (Å²) in [5.74, 6) is 0.754. The molecule has 1 atom stereocenters. The molecular weight excluding hydrogens is 332 g/mol. The first-order valence-electron chi connectivity index (χ1n) is 6.05. The molecule has 1 saturated heterocycles. The lowest BCUT2D eigenvalue weighted by atomic mass is 10.2. The summed E-state index contributed by atoms with van der Waals surface area (Å²) in [7, 11) is 0. The van der Waals surface area contributed by atoms with Crippen LogP contribution in [0.1, 0.15) is 6.92 Å². The van der Waals surface area contributed by atoms with E-state index in [0.29, 0.717) is 5.75 Å². The van der Waals surface area contributed by atoms with Crippen LogP contribution in [-0.2, 0) is 4.79 Å². The van der Waals surface area contributed by atoms with Gasteiger partial charge in [0, 0.05) is 30.1 Å². The van der Waals surface area contributed by atoms with E-state index < -0.39 is 0 Å². The molecule has 0 aliphatic carbocycles. The summed E-state index contributed by atoms with van der Waals surface area (Å²) in [4.78, 5) is 13.9. The molecule has 0 aromatic heterocycles. The van der Waals surface area contributed by atoms with Gasteiger partial charge < -0.3 is 15.0 Å². The largest absolute Gasteiger partial charge is 0.484 e. The predicted molar refractivity (Wildman–Crippen MR) is 80.9 cm³/mol. The van der Waals surface area contributed by atoms with Crippen molar-refractivity contribution < 1.29 is 9.53 Å². The van der Waals surface area contributed by atoms with Crippen LogP contribution in [0.4, 0.5) is 0 Å². The van der Waals surface area contributed by atoms with Crippen molar-refractivity contribution in [3.05, 3.63) is 28.7 Å². The number of nitrogens with one attached hydrogen (secondary N) is 1. The van der Waals surface area contributed by atoms with Crippen LogP contribution >= 0.6 is 28.3 Å². The Hall–Kier alpha value is -0.780. The molecule has 1 aliphatic rings. The zero-order valence-corrected chi connectivity index (χ0v) is 13.2. The molecule has 1 aliphatic heterocycles. The number of piperazine rings is 1. The van der Waals surface area contributed by atoms with Crippen LogP contribution in [0.25, 0.3) is 0 Å². The number of hydrogen-bond donors (Lipinski definition) is 1. The number of rotatable bonds is 3. The van der Waals surface area contributed by atoms with Gasteiger partial charge in [0.1, 0.15) is 5.75 Å². The van der Waals surface area contributed by atoms with Crippen molar-refractivity contribution in [3.8, 4) is 5.75 Å². The third-order valence-corrected chi connectivity index (χ3v) is 3.47. The number of amides is 1. The maximum absolute atomic E-state index is 12.0. The second-order valence-electron chi connectivity index (χ2n) is 4.39. The van der Waals surface area contributed by atoms with Gasteiger partial charge in [0.15, 0.2) is 6.61 Å². The van der Waals surface area contributed by atoms with Crippen molar-refractivity contribution in [2.75, 3.05) is 26.2 Å². The number of nitrogens with zero attached hydrogens (tertiary/aromatic N) is 1. The van der Waals surface area contributed by atoms with E-state index in [4.69, 9.17) is 4.74 Å². The molecule has 1 N–H and O–H groups in total. The lowest BCUT2D eigenvalue weighted by Gasteiger charge is -2.33. The minimum absolute atomic E-state index is 0. The van der Waals surface area contributed by atoms with Crippen LogP contribution in [0.3, 0.4) is 0 Å². The Labute approximate surface area is 128 Å². The molecule has 0 spiro atoms. The number of carbonyl (C=O) groups excluding carboxylic acids is 1. The van der Waals surface area contributed by atoms with E-state index in [1.54, 1.807) is 0 Å². The predicted octanol–water partition coefficient (Wildman–Crippen LogP) is 2.07. The first-order valence-corrected chi connectivity index (χ1v) is 6.84. The van der Waals surface area contributed by atoms with Gasteiger partial charge in [-0.2, -0.15) is 0 Å². The molecule has 1 fully saturated rings. The van der Waals surface area contributed by atoms with Crippen molar-refractivity contribution in [2.45, 2.75) is 13.0 Å². The quantitative estimate of drug-likeness (QED) is 0.908. The van der Waals surface area contributed by atoms with E-state index in [1.807, 2.05) is 36.1 Å². The number of hydrogen-bond acceptors (Lipinski definition) is 3. The van der Waals surface area contributed by atoms with E-state index in [-0.39, 0.29) is 31.0 Å². The molecule has 4 nitrogen and oxygen atoms in total. The van der Waals surface area contributed by atoms with Crippen LogP contribution in [-0.4, -0.2) is 43.1 Å². The smallest absolute Gasteiger partial charge is 0.260 e. The summed E-state index contributed by atoms with van der Waals surface area (Å²) < 4.78 is 6.46. The molecule has 0 saturated carbocycles. The van der Waals surface area contributed by atoms with E-state index in [9.17, 15) is 4.79 Å². The fourth-order valence-electron chi connectivity index (χ4n) is 2.00. The Kier molecular flexibility index (Phi) is 6.62. The van der Waals surface area contributed by atoms with Crippen LogP contribution in [0.5, 0.6) is 5.75 Å². The highest BCUT2D eigenvalue weighted by Gasteiger charge is 2.22. The van der Waals surface area contributed by atoms with Gasteiger partial charge >= 0.3 is 0 Å². The lowest BCUT2D eigenvalue weighted by Crippen LogP contribution is -2.53. The molecule has 0 radical (unpaired) electrons. The van der Waals surface area contributed by atoms with Crippen molar-refractivity contribution >= 4 is 34.2 Å². The third kappa shape index (κ3) is 4.67. The highest BCUT2D eigenvalue weighted by atomic mass is 79.9. The first kappa shape index (κ1) is 16.3. The van der Waals surface area contributed by atoms with Crippen molar-refractivity contribution in [3.63, 3.8) is 0 Å². The second kappa shape index (κ2) is 7.72. The molecule has 1 amide bonds. The molecule has 0 unspecified atom stereocenters. The number of ether oxygens (including phenoxy) is 1. The SMILES string of the molecule is C[C@H]1CNCCN1C(=O)COc1cccc(Br)c1.Cl. The highest BCUT2D eigenvalue weighted by molar-refractivity contribution is 9.10. The van der Waals surface area contributed by atoms with E-state index in [1.165, 1.54) is 0 Å². The minimum Gasteiger partial charge on any atom is -0.484 e. The fraction of sp³-hybridized carbons (Fsp3) is 0.462. The number of carbonyl (C=O) groups is 1. The summed E-state index contributed by atoms with van der Waals surface area (Å²) in [5.41, 5.74) is 0. The Morgan fingerprint density at radius 3 is 3.05 bits per heavy atom. The Bertz CT molecular complexity index is 431. The zero-order chi connectivity index (χ0) is 13.0. The Balaban J connectivity index is 0.00000180. The third-order valence-electron chi connectivity index (χ3n) is 2.98. The molecule has 19 heavy (non-hydrogen) atoms. The average molecular weight is 350 g/mol. The maximum Gasteiger partial charge on any atom is 0.260 e. The van der Waals surface area contributed by atoms with Crippen LogP contribution in [0.15, 0.2) is 28.7 Å². The monoisotopic (exact) mass is 348 g/mol. The fourth-order valence-corrected chi connectivity index (χ4v) is 2.37. The van der Waals surface area contributed by atoms with Gasteiger partial charge in [0.25, 0.3) is 5.91 Å². The average Bonchev–Trinajstić information content (AvgIpc) is 2.37. The van der Waals surface area contributed by atoms with Crippen molar-refractivity contribution in [1.82, 2.24) is 10.2 Å². The van der Waals surface area contributed by atoms with E-state index >= 15 is 0 Å². The lowest BCUT2D eigenvalue weighted by molar-refractivity contribution is -0.136. The van der Waals surface area contributed by atoms with Gasteiger partial charge in [0.2, 0.25) is 0 Å². The molecule has 1 heterocycles. The van der Waals surface area contributed by atoms with Gasteiger partial charge in [0.05, 0.1) is 0 Å². The van der Waals surface area contributed by atoms with Gasteiger partial charge in [-0.3, -0.25) is 4.79 Å². The minimum atomic E-state index is 0. The molecule has 106 valence electrons. The van der Waals surface area contributed by atoms with Gasteiger partial charge in [-0.05, 0) is 25.1 Å². The summed E-state index contributed by atoms with van der Waals surface area (Å²) in [6.45, 7) is 4.60. The summed E-state index contributed by atoms with van der Waals surface area (Å²) >= 11 is 3.37. The van der Waals surface area contributed by atoms with Crippen molar-refractivity contribution in [1.29, 1.82) is 0 Å². The normalized spacial score (nSPS) is 18.6. The van der Waals surface area contributed by atoms with Gasteiger partial charge in [-0.1, -0.05) is 22.0 Å². The van der Waals surface area contributed by atoms with E-state index in [0.717, 1.165) is 24.1 Å². The Morgan fingerprint density at radius 1 is 1.58 bits per heavy atom. The molecule has 1 aromatic rings. The molecule has 6 heteroatoms. The molecule has 1 aromatic carbocycles.